The van der Waals surface area contributed by atoms with Gasteiger partial charge in [-0.2, -0.15) is 0 Å². The first-order chi connectivity index (χ1) is 16.7. The van der Waals surface area contributed by atoms with E-state index in [0.29, 0.717) is 37.8 Å². The highest BCUT2D eigenvalue weighted by molar-refractivity contribution is 5.67. The molecular formula is C25H33N3O6. The Balaban J connectivity index is 1.14. The minimum Gasteiger partial charge on any atom is -0.494 e. The van der Waals surface area contributed by atoms with E-state index >= 15 is 0 Å². The maximum atomic E-state index is 12.1. The first-order valence-corrected chi connectivity index (χ1v) is 11.7. The molecule has 1 N–H and O–H groups in total. The van der Waals surface area contributed by atoms with Crippen molar-refractivity contribution in [3.8, 4) is 23.0 Å². The van der Waals surface area contributed by atoms with Crippen LogP contribution in [-0.4, -0.2) is 75.7 Å². The second kappa shape index (κ2) is 11.8. The molecule has 184 valence electrons. The predicted octanol–water partition coefficient (Wildman–Crippen LogP) is 2.87. The van der Waals surface area contributed by atoms with E-state index in [1.807, 2.05) is 43.3 Å². The third-order valence-corrected chi connectivity index (χ3v) is 5.93. The van der Waals surface area contributed by atoms with E-state index in [9.17, 15) is 4.79 Å². The van der Waals surface area contributed by atoms with Crippen LogP contribution in [-0.2, 0) is 17.8 Å². The normalized spacial score (nSPS) is 15.7. The SMILES string of the molecule is CCOc1ccccc1CNC(=O)OCCN1CCN(Cc2cc(OC)c3c(c2)OCO3)CC1. The molecule has 9 nitrogen and oxygen atoms in total. The van der Waals surface area contributed by atoms with Gasteiger partial charge in [0.15, 0.2) is 11.5 Å². The van der Waals surface area contributed by atoms with Gasteiger partial charge in [0.25, 0.3) is 0 Å². The van der Waals surface area contributed by atoms with Gasteiger partial charge in [-0.25, -0.2) is 4.79 Å². The summed E-state index contributed by atoms with van der Waals surface area (Å²) in [6, 6.07) is 11.7. The van der Waals surface area contributed by atoms with Gasteiger partial charge in [-0.3, -0.25) is 9.80 Å². The van der Waals surface area contributed by atoms with Crippen LogP contribution in [0.25, 0.3) is 0 Å². The number of para-hydroxylation sites is 1. The van der Waals surface area contributed by atoms with Crippen molar-refractivity contribution < 1.29 is 28.5 Å². The number of benzene rings is 2. The number of nitrogens with zero attached hydrogens (tertiary/aromatic N) is 2. The number of piperazine rings is 1. The molecule has 1 amide bonds. The van der Waals surface area contributed by atoms with E-state index in [4.69, 9.17) is 23.7 Å². The molecule has 9 heteroatoms. The number of amides is 1. The number of fused-ring (bicyclic) bond motifs is 1. The lowest BCUT2D eigenvalue weighted by Crippen LogP contribution is -2.47. The minimum absolute atomic E-state index is 0.231. The molecule has 4 rings (SSSR count). The van der Waals surface area contributed by atoms with E-state index in [1.54, 1.807) is 7.11 Å². The number of hydrogen-bond donors (Lipinski definition) is 1. The Morgan fingerprint density at radius 2 is 1.85 bits per heavy atom. The number of ether oxygens (including phenoxy) is 5. The van der Waals surface area contributed by atoms with Crippen LogP contribution in [0.3, 0.4) is 0 Å². The zero-order valence-corrected chi connectivity index (χ0v) is 19.9. The molecule has 2 aliphatic rings. The summed E-state index contributed by atoms with van der Waals surface area (Å²) >= 11 is 0. The van der Waals surface area contributed by atoms with Crippen LogP contribution >= 0.6 is 0 Å². The lowest BCUT2D eigenvalue weighted by atomic mass is 10.1. The van der Waals surface area contributed by atoms with Crippen LogP contribution in [0.4, 0.5) is 4.79 Å². The standard InChI is InChI=1S/C25H33N3O6/c1-3-31-21-7-5-4-6-20(21)16-26-25(29)32-13-12-27-8-10-28(11-9-27)17-19-14-22(30-2)24-23(15-19)33-18-34-24/h4-7,14-15H,3,8-13,16-18H2,1-2H3,(H,26,29). The third kappa shape index (κ3) is 6.24. The molecule has 0 aliphatic carbocycles. The quantitative estimate of drug-likeness (QED) is 0.567. The van der Waals surface area contributed by atoms with Gasteiger partial charge in [-0.15, -0.1) is 0 Å². The molecule has 0 aromatic heterocycles. The Morgan fingerprint density at radius 1 is 1.06 bits per heavy atom. The van der Waals surface area contributed by atoms with Gasteiger partial charge in [-0.1, -0.05) is 18.2 Å². The number of hydrogen-bond acceptors (Lipinski definition) is 8. The van der Waals surface area contributed by atoms with Gasteiger partial charge in [0, 0.05) is 51.4 Å². The highest BCUT2D eigenvalue weighted by atomic mass is 16.7. The van der Waals surface area contributed by atoms with Gasteiger partial charge < -0.3 is 29.0 Å². The number of methoxy groups -OCH3 is 1. The summed E-state index contributed by atoms with van der Waals surface area (Å²) in [7, 11) is 1.64. The van der Waals surface area contributed by atoms with Crippen molar-refractivity contribution in [3.63, 3.8) is 0 Å². The first-order valence-electron chi connectivity index (χ1n) is 11.7. The van der Waals surface area contributed by atoms with Gasteiger partial charge in [0.1, 0.15) is 12.4 Å². The number of rotatable bonds is 10. The third-order valence-electron chi connectivity index (χ3n) is 5.93. The molecule has 2 heterocycles. The molecule has 0 spiro atoms. The highest BCUT2D eigenvalue weighted by Gasteiger charge is 2.22. The van der Waals surface area contributed by atoms with Crippen LogP contribution in [0.1, 0.15) is 18.1 Å². The monoisotopic (exact) mass is 471 g/mol. The molecule has 34 heavy (non-hydrogen) atoms. The van der Waals surface area contributed by atoms with Crippen LogP contribution in [0.5, 0.6) is 23.0 Å². The van der Waals surface area contributed by atoms with Gasteiger partial charge in [0.05, 0.1) is 13.7 Å². The molecule has 0 bridgehead atoms. The number of nitrogens with one attached hydrogen (secondary N) is 1. The van der Waals surface area contributed by atoms with Crippen molar-refractivity contribution in [2.45, 2.75) is 20.0 Å². The number of alkyl carbamates (subject to hydrolysis) is 1. The summed E-state index contributed by atoms with van der Waals surface area (Å²) in [5, 5.41) is 2.80. The number of carbonyl (C=O) groups is 1. The van der Waals surface area contributed by atoms with E-state index < -0.39 is 6.09 Å². The van der Waals surface area contributed by atoms with Gasteiger partial charge in [-0.05, 0) is 30.7 Å². The maximum absolute atomic E-state index is 12.1. The predicted molar refractivity (Wildman–Crippen MR) is 127 cm³/mol. The fourth-order valence-corrected chi connectivity index (χ4v) is 4.14. The molecule has 1 saturated heterocycles. The topological polar surface area (TPSA) is 81.7 Å². The van der Waals surface area contributed by atoms with Crippen molar-refractivity contribution in [1.82, 2.24) is 15.1 Å². The molecular weight excluding hydrogens is 438 g/mol. The Hall–Kier alpha value is -3.17. The van der Waals surface area contributed by atoms with Crippen LogP contribution in [0.15, 0.2) is 36.4 Å². The average molecular weight is 472 g/mol. The second-order valence-corrected chi connectivity index (χ2v) is 8.18. The Bertz CT molecular complexity index is 962. The second-order valence-electron chi connectivity index (χ2n) is 8.18. The van der Waals surface area contributed by atoms with E-state index in [1.165, 1.54) is 0 Å². The Morgan fingerprint density at radius 3 is 2.65 bits per heavy atom. The molecule has 1 fully saturated rings. The molecule has 2 aliphatic heterocycles. The molecule has 2 aromatic rings. The summed E-state index contributed by atoms with van der Waals surface area (Å²) in [4.78, 5) is 16.8. The van der Waals surface area contributed by atoms with E-state index in [-0.39, 0.29) is 6.79 Å². The minimum atomic E-state index is -0.415. The first kappa shape index (κ1) is 24.0. The van der Waals surface area contributed by atoms with Crippen molar-refractivity contribution >= 4 is 6.09 Å². The van der Waals surface area contributed by atoms with Gasteiger partial charge >= 0.3 is 6.09 Å². The Labute approximate surface area is 200 Å². The van der Waals surface area contributed by atoms with Crippen LogP contribution in [0.2, 0.25) is 0 Å². The molecule has 2 aromatic carbocycles. The van der Waals surface area contributed by atoms with Crippen LogP contribution in [0, 0.1) is 0 Å². The lowest BCUT2D eigenvalue weighted by molar-refractivity contribution is 0.0924. The summed E-state index contributed by atoms with van der Waals surface area (Å²) in [5.74, 6) is 2.91. The zero-order chi connectivity index (χ0) is 23.8. The smallest absolute Gasteiger partial charge is 0.407 e. The lowest BCUT2D eigenvalue weighted by Gasteiger charge is -2.34. The summed E-state index contributed by atoms with van der Waals surface area (Å²) in [6.07, 6.45) is -0.415. The van der Waals surface area contributed by atoms with E-state index in [2.05, 4.69) is 15.1 Å². The fourth-order valence-electron chi connectivity index (χ4n) is 4.14. The molecule has 0 radical (unpaired) electrons. The largest absolute Gasteiger partial charge is 0.494 e. The summed E-state index contributed by atoms with van der Waals surface area (Å²) in [6.45, 7) is 8.76. The highest BCUT2D eigenvalue weighted by Crippen LogP contribution is 2.42. The van der Waals surface area contributed by atoms with Crippen molar-refractivity contribution in [3.05, 3.63) is 47.5 Å². The summed E-state index contributed by atoms with van der Waals surface area (Å²) in [5.41, 5.74) is 2.07. The van der Waals surface area contributed by atoms with E-state index in [0.717, 1.165) is 55.3 Å². The average Bonchev–Trinajstić information content (AvgIpc) is 3.33. The molecule has 0 saturated carbocycles. The van der Waals surface area contributed by atoms with Crippen LogP contribution < -0.4 is 24.3 Å². The molecule has 0 atom stereocenters. The zero-order valence-electron chi connectivity index (χ0n) is 19.9. The number of carbonyl (C=O) groups excluding carboxylic acids is 1. The van der Waals surface area contributed by atoms with Crippen molar-refractivity contribution in [2.75, 3.05) is 59.8 Å². The maximum Gasteiger partial charge on any atom is 0.407 e. The van der Waals surface area contributed by atoms with Crippen molar-refractivity contribution in [2.24, 2.45) is 0 Å². The summed E-state index contributed by atoms with van der Waals surface area (Å²) < 4.78 is 27.4. The fraction of sp³-hybridized carbons (Fsp3) is 0.480. The Kier molecular flexibility index (Phi) is 8.32. The van der Waals surface area contributed by atoms with Gasteiger partial charge in [0.2, 0.25) is 12.5 Å². The molecule has 0 unspecified atom stereocenters. The van der Waals surface area contributed by atoms with Crippen molar-refractivity contribution in [1.29, 1.82) is 0 Å².